The van der Waals surface area contributed by atoms with Crippen molar-refractivity contribution in [1.29, 1.82) is 0 Å². The molecule has 1 aliphatic carbocycles. The van der Waals surface area contributed by atoms with Crippen molar-refractivity contribution >= 4 is 16.8 Å². The van der Waals surface area contributed by atoms with Gasteiger partial charge < -0.3 is 14.9 Å². The molecule has 0 spiro atoms. The molecule has 2 atom stereocenters. The topological polar surface area (TPSA) is 61.3 Å². The zero-order chi connectivity index (χ0) is 13.9. The van der Waals surface area contributed by atoms with Crippen molar-refractivity contribution in [2.24, 2.45) is 5.92 Å². The smallest absolute Gasteiger partial charge is 0.221 e. The summed E-state index contributed by atoms with van der Waals surface area (Å²) in [5.74, 6) is 1.33. The summed E-state index contributed by atoms with van der Waals surface area (Å²) >= 11 is 0. The Balaban J connectivity index is 1.67. The molecule has 0 aliphatic heterocycles. The summed E-state index contributed by atoms with van der Waals surface area (Å²) in [5, 5.41) is 0. The summed E-state index contributed by atoms with van der Waals surface area (Å²) in [6.07, 6.45) is 6.59. The molecule has 0 amide bonds. The average Bonchev–Trinajstić information content (AvgIpc) is 2.87. The second kappa shape index (κ2) is 5.83. The average molecular weight is 274 g/mol. The number of hydrogen-bond acceptors (Lipinski definition) is 4. The molecule has 3 rings (SSSR count). The molecule has 2 N–H and O–H groups in total. The lowest BCUT2D eigenvalue weighted by molar-refractivity contribution is -0.0295. The third kappa shape index (κ3) is 2.80. The number of anilines is 1. The van der Waals surface area contributed by atoms with Crippen molar-refractivity contribution in [1.82, 2.24) is 4.98 Å². The van der Waals surface area contributed by atoms with Crippen molar-refractivity contribution in [2.75, 3.05) is 5.73 Å². The molecule has 2 unspecified atom stereocenters. The van der Waals surface area contributed by atoms with Crippen LogP contribution in [0.25, 0.3) is 11.1 Å². The lowest BCUT2D eigenvalue weighted by Gasteiger charge is -2.30. The van der Waals surface area contributed by atoms with Gasteiger partial charge in [-0.3, -0.25) is 0 Å². The van der Waals surface area contributed by atoms with Crippen LogP contribution in [0, 0.1) is 5.92 Å². The van der Waals surface area contributed by atoms with Crippen molar-refractivity contribution in [2.45, 2.75) is 51.7 Å². The number of oxazole rings is 1. The molecular weight excluding hydrogens is 252 g/mol. The highest BCUT2D eigenvalue weighted by molar-refractivity contribution is 5.76. The highest BCUT2D eigenvalue weighted by atomic mass is 16.5. The summed E-state index contributed by atoms with van der Waals surface area (Å²) in [6.45, 7) is 2.70. The summed E-state index contributed by atoms with van der Waals surface area (Å²) in [4.78, 5) is 4.44. The zero-order valence-corrected chi connectivity index (χ0v) is 12.0. The van der Waals surface area contributed by atoms with Crippen LogP contribution in [-0.4, -0.2) is 11.1 Å². The van der Waals surface area contributed by atoms with Gasteiger partial charge in [0.1, 0.15) is 12.1 Å². The molecule has 0 saturated heterocycles. The zero-order valence-electron chi connectivity index (χ0n) is 12.0. The normalized spacial score (nSPS) is 23.2. The molecule has 0 radical (unpaired) electrons. The Hall–Kier alpha value is -1.55. The van der Waals surface area contributed by atoms with Gasteiger partial charge in [-0.15, -0.1) is 0 Å². The van der Waals surface area contributed by atoms with Crippen LogP contribution in [0.4, 0.5) is 5.69 Å². The van der Waals surface area contributed by atoms with Crippen LogP contribution in [0.1, 0.15) is 44.9 Å². The van der Waals surface area contributed by atoms with Crippen LogP contribution >= 0.6 is 0 Å². The predicted octanol–water partition coefficient (Wildman–Crippen LogP) is 3.90. The maximum atomic E-state index is 6.04. The minimum Gasteiger partial charge on any atom is -0.438 e. The molecule has 108 valence electrons. The van der Waals surface area contributed by atoms with E-state index in [2.05, 4.69) is 11.9 Å². The van der Waals surface area contributed by atoms with E-state index in [0.29, 0.717) is 30.2 Å². The Bertz CT molecular complexity index is 579. The van der Waals surface area contributed by atoms with Gasteiger partial charge in [-0.2, -0.15) is 0 Å². The molecule has 2 aromatic rings. The standard InChI is InChI=1S/C16H22N2O2/c1-2-11-5-3-4-6-14(11)19-10-16-18-13-8-7-12(17)9-15(13)20-16/h7-9,11,14H,2-6,10,17H2,1H3. The van der Waals surface area contributed by atoms with Gasteiger partial charge in [-0.25, -0.2) is 4.98 Å². The SMILES string of the molecule is CCC1CCCCC1OCc1nc2ccc(N)cc2o1. The largest absolute Gasteiger partial charge is 0.438 e. The first-order valence-electron chi connectivity index (χ1n) is 7.53. The fourth-order valence-electron chi connectivity index (χ4n) is 3.09. The van der Waals surface area contributed by atoms with Crippen LogP contribution in [0.2, 0.25) is 0 Å². The summed E-state index contributed by atoms with van der Waals surface area (Å²) in [6, 6.07) is 5.53. The molecule has 0 bridgehead atoms. The summed E-state index contributed by atoms with van der Waals surface area (Å²) < 4.78 is 11.7. The third-order valence-corrected chi connectivity index (χ3v) is 4.24. The van der Waals surface area contributed by atoms with Gasteiger partial charge in [0, 0.05) is 11.8 Å². The molecule has 1 saturated carbocycles. The van der Waals surface area contributed by atoms with E-state index in [0.717, 1.165) is 17.5 Å². The van der Waals surface area contributed by atoms with E-state index in [1.54, 1.807) is 6.07 Å². The number of nitrogens with two attached hydrogens (primary N) is 1. The summed E-state index contributed by atoms with van der Waals surface area (Å²) in [7, 11) is 0. The third-order valence-electron chi connectivity index (χ3n) is 4.24. The van der Waals surface area contributed by atoms with Crippen LogP contribution in [0.5, 0.6) is 0 Å². The number of nitrogens with zero attached hydrogens (tertiary/aromatic N) is 1. The van der Waals surface area contributed by atoms with Crippen LogP contribution < -0.4 is 5.73 Å². The van der Waals surface area contributed by atoms with E-state index in [9.17, 15) is 0 Å². The number of fused-ring (bicyclic) bond motifs is 1. The first-order chi connectivity index (χ1) is 9.76. The minimum absolute atomic E-state index is 0.355. The maximum Gasteiger partial charge on any atom is 0.221 e. The monoisotopic (exact) mass is 274 g/mol. The van der Waals surface area contributed by atoms with Crippen molar-refractivity contribution in [3.05, 3.63) is 24.1 Å². The quantitative estimate of drug-likeness (QED) is 0.859. The van der Waals surface area contributed by atoms with E-state index in [1.165, 1.54) is 25.7 Å². The highest BCUT2D eigenvalue weighted by Crippen LogP contribution is 2.30. The van der Waals surface area contributed by atoms with Crippen LogP contribution in [-0.2, 0) is 11.3 Å². The first-order valence-corrected chi connectivity index (χ1v) is 7.53. The van der Waals surface area contributed by atoms with Gasteiger partial charge >= 0.3 is 0 Å². The highest BCUT2D eigenvalue weighted by Gasteiger charge is 2.24. The predicted molar refractivity (Wildman–Crippen MR) is 79.2 cm³/mol. The molecule has 1 heterocycles. The molecule has 1 aromatic heterocycles. The fraction of sp³-hybridized carbons (Fsp3) is 0.562. The second-order valence-electron chi connectivity index (χ2n) is 5.64. The van der Waals surface area contributed by atoms with Crippen molar-refractivity contribution < 1.29 is 9.15 Å². The number of ether oxygens (including phenoxy) is 1. The number of benzene rings is 1. The van der Waals surface area contributed by atoms with Gasteiger partial charge in [0.05, 0.1) is 6.10 Å². The molecule has 1 aliphatic rings. The van der Waals surface area contributed by atoms with Gasteiger partial charge in [0.2, 0.25) is 5.89 Å². The van der Waals surface area contributed by atoms with E-state index in [4.69, 9.17) is 14.9 Å². The number of rotatable bonds is 4. The second-order valence-corrected chi connectivity index (χ2v) is 5.64. The van der Waals surface area contributed by atoms with Crippen molar-refractivity contribution in [3.8, 4) is 0 Å². The fourth-order valence-corrected chi connectivity index (χ4v) is 3.09. The Kier molecular flexibility index (Phi) is 3.92. The van der Waals surface area contributed by atoms with Gasteiger partial charge in [-0.05, 0) is 30.9 Å². The van der Waals surface area contributed by atoms with E-state index in [-0.39, 0.29) is 0 Å². The van der Waals surface area contributed by atoms with Crippen molar-refractivity contribution in [3.63, 3.8) is 0 Å². The summed E-state index contributed by atoms with van der Waals surface area (Å²) in [5.41, 5.74) is 8.01. The molecule has 4 nitrogen and oxygen atoms in total. The van der Waals surface area contributed by atoms with E-state index >= 15 is 0 Å². The number of nitrogen functional groups attached to an aromatic ring is 1. The van der Waals surface area contributed by atoms with Gasteiger partial charge in [-0.1, -0.05) is 26.2 Å². The molecule has 4 heteroatoms. The van der Waals surface area contributed by atoms with Crippen LogP contribution in [0.15, 0.2) is 22.6 Å². The Morgan fingerprint density at radius 1 is 1.35 bits per heavy atom. The van der Waals surface area contributed by atoms with Gasteiger partial charge in [0.15, 0.2) is 5.58 Å². The first kappa shape index (κ1) is 13.4. The Morgan fingerprint density at radius 2 is 2.20 bits per heavy atom. The van der Waals surface area contributed by atoms with E-state index < -0.39 is 0 Å². The lowest BCUT2D eigenvalue weighted by atomic mass is 9.85. The molecular formula is C16H22N2O2. The lowest BCUT2D eigenvalue weighted by Crippen LogP contribution is -2.27. The minimum atomic E-state index is 0.355. The Morgan fingerprint density at radius 3 is 3.05 bits per heavy atom. The maximum absolute atomic E-state index is 6.04. The Labute approximate surface area is 119 Å². The van der Waals surface area contributed by atoms with E-state index in [1.807, 2.05) is 12.1 Å². The number of aromatic nitrogens is 1. The molecule has 1 aromatic carbocycles. The number of hydrogen-bond donors (Lipinski definition) is 1. The molecule has 20 heavy (non-hydrogen) atoms. The van der Waals surface area contributed by atoms with Gasteiger partial charge in [0.25, 0.3) is 0 Å². The molecule has 1 fully saturated rings. The van der Waals surface area contributed by atoms with Crippen LogP contribution in [0.3, 0.4) is 0 Å².